The lowest BCUT2D eigenvalue weighted by molar-refractivity contribution is 0.249. The van der Waals surface area contributed by atoms with Gasteiger partial charge in [0.05, 0.1) is 5.56 Å². The Labute approximate surface area is 133 Å². The Bertz CT molecular complexity index is 833. The molecule has 2 aromatic carbocycles. The van der Waals surface area contributed by atoms with Gasteiger partial charge >= 0.3 is 0 Å². The van der Waals surface area contributed by atoms with E-state index in [1.165, 1.54) is 0 Å². The van der Waals surface area contributed by atoms with E-state index in [0.29, 0.717) is 0 Å². The highest BCUT2D eigenvalue weighted by atomic mass is 31.1. The maximum absolute atomic E-state index is 13.9. The summed E-state index contributed by atoms with van der Waals surface area (Å²) in [5, 5.41) is -1.75. The second kappa shape index (κ2) is 6.78. The van der Waals surface area contributed by atoms with Crippen LogP contribution in [-0.4, -0.2) is 6.17 Å². The van der Waals surface area contributed by atoms with Gasteiger partial charge in [-0.3, -0.25) is 0 Å². The third kappa shape index (κ3) is 3.05. The molecule has 0 saturated carbocycles. The molecule has 0 aromatic heterocycles. The largest absolute Gasteiger partial charge is 0.256 e. The maximum atomic E-state index is 13.9. The number of hydrogen-bond acceptors (Lipinski definition) is 0. The second-order valence-electron chi connectivity index (χ2n) is 4.40. The van der Waals surface area contributed by atoms with Crippen molar-refractivity contribution in [2.45, 2.75) is 6.17 Å². The lowest BCUT2D eigenvalue weighted by atomic mass is 10.0. The lowest BCUT2D eigenvalue weighted by Crippen LogP contribution is -2.18. The molecule has 12 heteroatoms. The second-order valence-corrected chi connectivity index (χ2v) is 5.62. The monoisotopic (exact) mass is 398 g/mol. The summed E-state index contributed by atoms with van der Waals surface area (Å²) in [5.41, 5.74) is -4.20. The van der Waals surface area contributed by atoms with Crippen LogP contribution in [0, 0.1) is 52.4 Å². The van der Waals surface area contributed by atoms with Crippen molar-refractivity contribution in [3.05, 3.63) is 52.4 Å². The van der Waals surface area contributed by atoms with E-state index in [0.717, 1.165) is 0 Å². The molecule has 0 heterocycles. The van der Waals surface area contributed by atoms with Gasteiger partial charge in [0.15, 0.2) is 46.5 Å². The Morgan fingerprint density at radius 2 is 0.760 bits per heavy atom. The SMILES string of the molecule is Fc1c(F)c(F)c(-c2c(F)c(F)c(F)c(F)c2PC(F)F)c(F)c1F. The highest BCUT2D eigenvalue weighted by molar-refractivity contribution is 7.48. The van der Waals surface area contributed by atoms with Crippen LogP contribution in [0.3, 0.4) is 0 Å². The minimum absolute atomic E-state index is 1.75. The molecule has 0 amide bonds. The van der Waals surface area contributed by atoms with Gasteiger partial charge in [-0.05, 0) is 8.58 Å². The van der Waals surface area contributed by atoms with Crippen molar-refractivity contribution >= 4 is 13.9 Å². The third-order valence-corrected chi connectivity index (χ3v) is 3.96. The summed E-state index contributed by atoms with van der Waals surface area (Å²) < 4.78 is 146. The molecule has 2 rings (SSSR count). The standard InChI is InChI=1S/C13H2F11P/c14-3-1(4(15)7(18)9(20)6(3)17)2-5(16)8(19)10(21)11(22)12(2)25-13(23)24/h13,25H. The molecule has 0 radical (unpaired) electrons. The molecule has 0 bridgehead atoms. The van der Waals surface area contributed by atoms with Crippen LogP contribution in [0.15, 0.2) is 0 Å². The van der Waals surface area contributed by atoms with E-state index in [9.17, 15) is 48.3 Å². The highest BCUT2D eigenvalue weighted by Crippen LogP contribution is 2.38. The Balaban J connectivity index is 3.03. The molecule has 1 atom stereocenters. The fraction of sp³-hybridized carbons (Fsp3) is 0.0769. The molecule has 136 valence electrons. The Morgan fingerprint density at radius 3 is 1.16 bits per heavy atom. The topological polar surface area (TPSA) is 0 Å². The zero-order valence-corrected chi connectivity index (χ0v) is 12.2. The van der Waals surface area contributed by atoms with Crippen LogP contribution in [0.1, 0.15) is 0 Å². The number of halogens is 11. The quantitative estimate of drug-likeness (QED) is 0.291. The summed E-state index contributed by atoms with van der Waals surface area (Å²) in [6, 6.07) is 0. The zero-order valence-electron chi connectivity index (χ0n) is 11.2. The first kappa shape index (κ1) is 19.4. The predicted molar refractivity (Wildman–Crippen MR) is 65.5 cm³/mol. The smallest absolute Gasteiger partial charge is 0.205 e. The first-order valence-electron chi connectivity index (χ1n) is 5.93. The van der Waals surface area contributed by atoms with Crippen molar-refractivity contribution in [1.82, 2.24) is 0 Å². The lowest BCUT2D eigenvalue weighted by Gasteiger charge is -2.15. The van der Waals surface area contributed by atoms with Gasteiger partial charge in [0.2, 0.25) is 5.82 Å². The van der Waals surface area contributed by atoms with Crippen molar-refractivity contribution in [1.29, 1.82) is 0 Å². The summed E-state index contributed by atoms with van der Waals surface area (Å²) in [6.07, 6.45) is -3.52. The molecule has 0 saturated heterocycles. The number of rotatable bonds is 3. The molecule has 0 aliphatic heterocycles. The first-order chi connectivity index (χ1) is 11.5. The van der Waals surface area contributed by atoms with Crippen molar-refractivity contribution in [3.8, 4) is 11.1 Å². The van der Waals surface area contributed by atoms with Crippen LogP contribution in [0.4, 0.5) is 48.3 Å². The van der Waals surface area contributed by atoms with E-state index in [1.54, 1.807) is 0 Å². The molecule has 0 N–H and O–H groups in total. The average Bonchev–Trinajstić information content (AvgIpc) is 2.56. The Hall–Kier alpha value is -1.90. The molecule has 0 nitrogen and oxygen atoms in total. The van der Waals surface area contributed by atoms with E-state index in [1.807, 2.05) is 0 Å². The van der Waals surface area contributed by atoms with Gasteiger partial charge in [0.25, 0.3) is 6.17 Å². The number of benzene rings is 2. The minimum Gasteiger partial charge on any atom is -0.205 e. The van der Waals surface area contributed by atoms with E-state index in [2.05, 4.69) is 0 Å². The fourth-order valence-electron chi connectivity index (χ4n) is 1.94. The van der Waals surface area contributed by atoms with Crippen LogP contribution in [0.2, 0.25) is 0 Å². The fourth-order valence-corrected chi connectivity index (χ4v) is 2.77. The first-order valence-corrected chi connectivity index (χ1v) is 7.00. The van der Waals surface area contributed by atoms with Gasteiger partial charge in [-0.25, -0.2) is 48.3 Å². The van der Waals surface area contributed by atoms with E-state index in [4.69, 9.17) is 0 Å². The number of alkyl halides is 2. The molecule has 0 aliphatic rings. The van der Waals surface area contributed by atoms with Crippen molar-refractivity contribution in [2.75, 3.05) is 0 Å². The van der Waals surface area contributed by atoms with Crippen LogP contribution in [-0.2, 0) is 0 Å². The summed E-state index contributed by atoms with van der Waals surface area (Å²) in [7, 11) is -2.17. The molecule has 0 aliphatic carbocycles. The summed E-state index contributed by atoms with van der Waals surface area (Å²) >= 11 is 0. The third-order valence-electron chi connectivity index (χ3n) is 2.98. The van der Waals surface area contributed by atoms with Gasteiger partial charge in [-0.1, -0.05) is 0 Å². The van der Waals surface area contributed by atoms with Gasteiger partial charge < -0.3 is 0 Å². The molecule has 2 aromatic rings. The van der Waals surface area contributed by atoms with Gasteiger partial charge in [-0.15, -0.1) is 0 Å². The van der Waals surface area contributed by atoms with Gasteiger partial charge in [0.1, 0.15) is 0 Å². The maximum Gasteiger partial charge on any atom is 0.256 e. The number of hydrogen-bond donors (Lipinski definition) is 0. The Morgan fingerprint density at radius 1 is 0.440 bits per heavy atom. The predicted octanol–water partition coefficient (Wildman–Crippen LogP) is 5.13. The van der Waals surface area contributed by atoms with Crippen LogP contribution in [0.5, 0.6) is 0 Å². The summed E-state index contributed by atoms with van der Waals surface area (Å²) in [5.74, 6) is -23.6. The average molecular weight is 398 g/mol. The van der Waals surface area contributed by atoms with Gasteiger partial charge in [-0.2, -0.15) is 0 Å². The highest BCUT2D eigenvalue weighted by Gasteiger charge is 2.34. The molecule has 0 fully saturated rings. The van der Waals surface area contributed by atoms with Crippen LogP contribution in [0.25, 0.3) is 11.1 Å². The zero-order chi connectivity index (χ0) is 19.2. The molecular formula is C13H2F11P. The summed E-state index contributed by atoms with van der Waals surface area (Å²) in [4.78, 5) is 0. The van der Waals surface area contributed by atoms with E-state index >= 15 is 0 Å². The van der Waals surface area contributed by atoms with E-state index in [-0.39, 0.29) is 0 Å². The van der Waals surface area contributed by atoms with Gasteiger partial charge in [0, 0.05) is 10.9 Å². The minimum atomic E-state index is -3.52. The molecule has 1 unspecified atom stereocenters. The van der Waals surface area contributed by atoms with Crippen LogP contribution < -0.4 is 5.30 Å². The van der Waals surface area contributed by atoms with Crippen molar-refractivity contribution in [3.63, 3.8) is 0 Å². The molecule has 0 spiro atoms. The van der Waals surface area contributed by atoms with Crippen molar-refractivity contribution in [2.24, 2.45) is 0 Å². The van der Waals surface area contributed by atoms with Crippen LogP contribution >= 0.6 is 8.58 Å². The molecule has 25 heavy (non-hydrogen) atoms. The van der Waals surface area contributed by atoms with Crippen molar-refractivity contribution < 1.29 is 48.3 Å². The Kier molecular flexibility index (Phi) is 5.27. The van der Waals surface area contributed by atoms with E-state index < -0.39 is 83.5 Å². The molecular weight excluding hydrogens is 396 g/mol. The summed E-state index contributed by atoms with van der Waals surface area (Å²) in [6.45, 7) is 0. The normalized spacial score (nSPS) is 12.0.